The van der Waals surface area contributed by atoms with Gasteiger partial charge in [-0.3, -0.25) is 9.55 Å². The fourth-order valence-corrected chi connectivity index (χ4v) is 3.91. The maximum Gasteiger partial charge on any atom is 0.226 e. The molecule has 0 N–H and O–H groups in total. The molecule has 3 aromatic heterocycles. The topological polar surface area (TPSA) is 103 Å². The zero-order chi connectivity index (χ0) is 19.0. The molecule has 0 radical (unpaired) electrons. The van der Waals surface area contributed by atoms with Crippen LogP contribution in [0.4, 0.5) is 5.82 Å². The lowest BCUT2D eigenvalue weighted by Crippen LogP contribution is -2.37. The molecule has 1 saturated heterocycles. The van der Waals surface area contributed by atoms with Crippen LogP contribution in [0.15, 0.2) is 24.5 Å². The molecular weight excluding hydrogens is 392 g/mol. The summed E-state index contributed by atoms with van der Waals surface area (Å²) in [6, 6.07) is 3.53. The van der Waals surface area contributed by atoms with Crippen molar-refractivity contribution in [2.75, 3.05) is 37.5 Å². The van der Waals surface area contributed by atoms with Crippen LogP contribution in [0.25, 0.3) is 22.6 Å². The molecule has 3 aromatic rings. The van der Waals surface area contributed by atoms with E-state index in [0.717, 1.165) is 5.56 Å². The zero-order valence-corrected chi connectivity index (χ0v) is 16.1. The number of nitrogens with zero attached hydrogens (tertiary/aromatic N) is 6. The second-order valence-electron chi connectivity index (χ2n) is 6.24. The average molecular weight is 409 g/mol. The van der Waals surface area contributed by atoms with E-state index in [1.165, 1.54) is 6.26 Å². The Morgan fingerprint density at radius 2 is 1.85 bits per heavy atom. The van der Waals surface area contributed by atoms with Crippen LogP contribution in [0.5, 0.6) is 0 Å². The van der Waals surface area contributed by atoms with Crippen LogP contribution in [-0.2, 0) is 20.5 Å². The highest BCUT2D eigenvalue weighted by atomic mass is 35.5. The quantitative estimate of drug-likeness (QED) is 0.596. The minimum atomic E-state index is -3.35. The number of imidazole rings is 1. The number of aromatic nitrogens is 5. The SMILES string of the molecule is CS(=O)(=O)Cn1c(-c2ccncc2)nc2c(N3CCOCC3)nc(Cl)nc21. The predicted molar refractivity (Wildman–Crippen MR) is 101 cm³/mol. The van der Waals surface area contributed by atoms with Crippen molar-refractivity contribution in [3.63, 3.8) is 0 Å². The molecule has 27 heavy (non-hydrogen) atoms. The van der Waals surface area contributed by atoms with Gasteiger partial charge in [-0.25, -0.2) is 13.4 Å². The normalized spacial score (nSPS) is 15.4. The number of halogens is 1. The van der Waals surface area contributed by atoms with Gasteiger partial charge in [0.1, 0.15) is 11.7 Å². The van der Waals surface area contributed by atoms with Gasteiger partial charge in [-0.05, 0) is 23.7 Å². The summed E-state index contributed by atoms with van der Waals surface area (Å²) in [5.74, 6) is 0.789. The first-order valence-electron chi connectivity index (χ1n) is 8.27. The Morgan fingerprint density at radius 1 is 1.15 bits per heavy atom. The molecule has 0 saturated carbocycles. The first-order valence-corrected chi connectivity index (χ1v) is 10.7. The van der Waals surface area contributed by atoms with Crippen LogP contribution < -0.4 is 4.90 Å². The molecule has 142 valence electrons. The van der Waals surface area contributed by atoms with E-state index in [4.69, 9.17) is 16.3 Å². The largest absolute Gasteiger partial charge is 0.378 e. The van der Waals surface area contributed by atoms with Gasteiger partial charge in [0.2, 0.25) is 5.28 Å². The first kappa shape index (κ1) is 18.1. The Bertz CT molecular complexity index is 1080. The van der Waals surface area contributed by atoms with Crippen molar-refractivity contribution < 1.29 is 13.2 Å². The van der Waals surface area contributed by atoms with Crippen molar-refractivity contribution in [2.24, 2.45) is 0 Å². The summed E-state index contributed by atoms with van der Waals surface area (Å²) in [4.78, 5) is 19.4. The lowest BCUT2D eigenvalue weighted by molar-refractivity contribution is 0.122. The van der Waals surface area contributed by atoms with Crippen LogP contribution in [0.3, 0.4) is 0 Å². The highest BCUT2D eigenvalue weighted by Gasteiger charge is 2.24. The molecular formula is C16H17ClN6O3S. The van der Waals surface area contributed by atoms with E-state index in [2.05, 4.69) is 19.9 Å². The van der Waals surface area contributed by atoms with Crippen molar-refractivity contribution in [3.05, 3.63) is 29.8 Å². The monoisotopic (exact) mass is 408 g/mol. The van der Waals surface area contributed by atoms with Crippen LogP contribution in [0, 0.1) is 0 Å². The molecule has 0 atom stereocenters. The van der Waals surface area contributed by atoms with E-state index in [-0.39, 0.29) is 11.2 Å². The zero-order valence-electron chi connectivity index (χ0n) is 14.5. The fourth-order valence-electron chi connectivity index (χ4n) is 3.03. The predicted octanol–water partition coefficient (Wildman–Crippen LogP) is 1.38. The molecule has 1 aliphatic rings. The van der Waals surface area contributed by atoms with Crippen molar-refractivity contribution >= 4 is 38.4 Å². The third-order valence-electron chi connectivity index (χ3n) is 4.16. The smallest absolute Gasteiger partial charge is 0.226 e. The Kier molecular flexibility index (Phi) is 4.70. The van der Waals surface area contributed by atoms with Gasteiger partial charge in [0.05, 0.1) is 13.2 Å². The van der Waals surface area contributed by atoms with Gasteiger partial charge in [0.25, 0.3) is 0 Å². The van der Waals surface area contributed by atoms with E-state index in [1.807, 2.05) is 4.90 Å². The van der Waals surface area contributed by atoms with Gasteiger partial charge in [0.15, 0.2) is 26.8 Å². The lowest BCUT2D eigenvalue weighted by Gasteiger charge is -2.27. The molecule has 0 aliphatic carbocycles. The second-order valence-corrected chi connectivity index (χ2v) is 8.69. The second kappa shape index (κ2) is 7.02. The average Bonchev–Trinajstić information content (AvgIpc) is 2.99. The number of fused-ring (bicyclic) bond motifs is 1. The summed E-state index contributed by atoms with van der Waals surface area (Å²) in [5.41, 5.74) is 1.63. The highest BCUT2D eigenvalue weighted by Crippen LogP contribution is 2.30. The number of hydrogen-bond acceptors (Lipinski definition) is 8. The third-order valence-corrected chi connectivity index (χ3v) is 5.06. The molecule has 1 fully saturated rings. The Morgan fingerprint density at radius 3 is 2.52 bits per heavy atom. The van der Waals surface area contributed by atoms with Crippen molar-refractivity contribution in [1.29, 1.82) is 0 Å². The minimum Gasteiger partial charge on any atom is -0.378 e. The van der Waals surface area contributed by atoms with E-state index in [9.17, 15) is 8.42 Å². The molecule has 0 aromatic carbocycles. The van der Waals surface area contributed by atoms with Gasteiger partial charge >= 0.3 is 0 Å². The number of ether oxygens (including phenoxy) is 1. The summed E-state index contributed by atoms with van der Waals surface area (Å²) in [5, 5.41) is 0.0416. The van der Waals surface area contributed by atoms with Crippen molar-refractivity contribution in [2.45, 2.75) is 5.88 Å². The molecule has 0 bridgehead atoms. The van der Waals surface area contributed by atoms with Crippen LogP contribution in [-0.4, -0.2) is 65.5 Å². The summed E-state index contributed by atoms with van der Waals surface area (Å²) < 4.78 is 31.0. The molecule has 0 spiro atoms. The number of sulfone groups is 1. The summed E-state index contributed by atoms with van der Waals surface area (Å²) in [6.07, 6.45) is 4.42. The van der Waals surface area contributed by atoms with E-state index < -0.39 is 9.84 Å². The van der Waals surface area contributed by atoms with Gasteiger partial charge in [-0.2, -0.15) is 9.97 Å². The number of pyridine rings is 1. The van der Waals surface area contributed by atoms with Crippen LogP contribution in [0.1, 0.15) is 0 Å². The van der Waals surface area contributed by atoms with E-state index in [1.54, 1.807) is 29.1 Å². The van der Waals surface area contributed by atoms with Gasteiger partial charge in [-0.1, -0.05) is 0 Å². The molecule has 0 amide bonds. The highest BCUT2D eigenvalue weighted by molar-refractivity contribution is 7.89. The summed E-state index contributed by atoms with van der Waals surface area (Å²) in [6.45, 7) is 2.44. The molecule has 11 heteroatoms. The number of hydrogen-bond donors (Lipinski definition) is 0. The van der Waals surface area contributed by atoms with E-state index >= 15 is 0 Å². The number of anilines is 1. The minimum absolute atomic E-state index is 0.0416. The van der Waals surface area contributed by atoms with Crippen molar-refractivity contribution in [3.8, 4) is 11.4 Å². The van der Waals surface area contributed by atoms with Gasteiger partial charge in [0, 0.05) is 37.3 Å². The summed E-state index contributed by atoms with van der Waals surface area (Å²) >= 11 is 6.16. The molecule has 0 unspecified atom stereocenters. The summed E-state index contributed by atoms with van der Waals surface area (Å²) in [7, 11) is -3.35. The van der Waals surface area contributed by atoms with Gasteiger partial charge in [-0.15, -0.1) is 0 Å². The molecule has 9 nitrogen and oxygen atoms in total. The fraction of sp³-hybridized carbons (Fsp3) is 0.375. The van der Waals surface area contributed by atoms with Crippen LogP contribution >= 0.6 is 11.6 Å². The van der Waals surface area contributed by atoms with Crippen LogP contribution in [0.2, 0.25) is 5.28 Å². The maximum atomic E-state index is 12.0. The lowest BCUT2D eigenvalue weighted by atomic mass is 10.2. The van der Waals surface area contributed by atoms with E-state index in [0.29, 0.717) is 49.1 Å². The molecule has 4 heterocycles. The Balaban J connectivity index is 1.97. The molecule has 4 rings (SSSR count). The number of rotatable bonds is 4. The van der Waals surface area contributed by atoms with Crippen molar-refractivity contribution in [1.82, 2.24) is 24.5 Å². The maximum absolute atomic E-state index is 12.0. The third kappa shape index (κ3) is 3.73. The first-order chi connectivity index (χ1) is 12.9. The van der Waals surface area contributed by atoms with Gasteiger partial charge < -0.3 is 9.64 Å². The Hall–Kier alpha value is -2.30. The molecule has 1 aliphatic heterocycles. The Labute approximate surface area is 160 Å². The number of morpholine rings is 1. The standard InChI is InChI=1S/C16H17ClN6O3S/c1-27(24,25)10-23-13(11-2-4-18-5-3-11)19-12-14(20-16(17)21-15(12)23)22-6-8-26-9-7-22/h2-5H,6-10H2,1H3.